The van der Waals surface area contributed by atoms with Gasteiger partial charge in [0.25, 0.3) is 0 Å². The van der Waals surface area contributed by atoms with Crippen LogP contribution in [0.1, 0.15) is 19.3 Å². The molecule has 1 N–H and O–H groups in total. The number of ether oxygens (including phenoxy) is 2. The average molecular weight is 266 g/mol. The SMILES string of the molecule is C=CCC(OC(=O)C(=C)CCC1CO1)C(=C)C(=O)O. The van der Waals surface area contributed by atoms with Gasteiger partial charge in [-0.2, -0.15) is 0 Å². The van der Waals surface area contributed by atoms with Crippen LogP contribution in [-0.4, -0.2) is 35.9 Å². The molecule has 0 bridgehead atoms. The van der Waals surface area contributed by atoms with Crippen LogP contribution >= 0.6 is 0 Å². The van der Waals surface area contributed by atoms with Crippen LogP contribution in [0.4, 0.5) is 0 Å². The molecule has 19 heavy (non-hydrogen) atoms. The molecule has 0 aromatic rings. The number of carbonyl (C=O) groups is 2. The fourth-order valence-corrected chi connectivity index (χ4v) is 1.44. The molecule has 0 radical (unpaired) electrons. The second kappa shape index (κ2) is 6.89. The molecule has 2 atom stereocenters. The van der Waals surface area contributed by atoms with Crippen molar-refractivity contribution in [2.75, 3.05) is 6.61 Å². The Labute approximate surface area is 112 Å². The van der Waals surface area contributed by atoms with E-state index in [0.717, 1.165) is 13.0 Å². The van der Waals surface area contributed by atoms with E-state index in [9.17, 15) is 9.59 Å². The molecule has 1 fully saturated rings. The van der Waals surface area contributed by atoms with Crippen molar-refractivity contribution in [3.8, 4) is 0 Å². The summed E-state index contributed by atoms with van der Waals surface area (Å²) in [5.41, 5.74) is 0.134. The fourth-order valence-electron chi connectivity index (χ4n) is 1.44. The first-order valence-corrected chi connectivity index (χ1v) is 5.99. The molecule has 1 saturated heterocycles. The van der Waals surface area contributed by atoms with Gasteiger partial charge < -0.3 is 14.6 Å². The summed E-state index contributed by atoms with van der Waals surface area (Å²) in [5, 5.41) is 8.85. The van der Waals surface area contributed by atoms with Gasteiger partial charge in [0.05, 0.1) is 18.3 Å². The molecule has 2 unspecified atom stereocenters. The lowest BCUT2D eigenvalue weighted by Crippen LogP contribution is -2.24. The van der Waals surface area contributed by atoms with Gasteiger partial charge in [0.1, 0.15) is 6.10 Å². The molecule has 104 valence electrons. The van der Waals surface area contributed by atoms with E-state index < -0.39 is 18.0 Å². The average Bonchev–Trinajstić information content (AvgIpc) is 3.18. The number of aliphatic carboxylic acids is 1. The smallest absolute Gasteiger partial charge is 0.334 e. The van der Waals surface area contributed by atoms with Crippen LogP contribution in [0.5, 0.6) is 0 Å². The van der Waals surface area contributed by atoms with Gasteiger partial charge in [-0.05, 0) is 12.8 Å². The van der Waals surface area contributed by atoms with Gasteiger partial charge in [-0.25, -0.2) is 9.59 Å². The zero-order valence-electron chi connectivity index (χ0n) is 10.8. The molecule has 0 saturated carbocycles. The lowest BCUT2D eigenvalue weighted by atomic mass is 10.1. The summed E-state index contributed by atoms with van der Waals surface area (Å²) in [7, 11) is 0. The van der Waals surface area contributed by atoms with Crippen LogP contribution in [0.3, 0.4) is 0 Å². The van der Waals surface area contributed by atoms with Crippen molar-refractivity contribution < 1.29 is 24.2 Å². The lowest BCUT2D eigenvalue weighted by Gasteiger charge is -2.17. The van der Waals surface area contributed by atoms with Gasteiger partial charge in [-0.1, -0.05) is 19.2 Å². The Morgan fingerprint density at radius 1 is 1.47 bits per heavy atom. The second-order valence-corrected chi connectivity index (χ2v) is 4.35. The van der Waals surface area contributed by atoms with E-state index in [0.29, 0.717) is 12.0 Å². The molecule has 1 rings (SSSR count). The molecule has 0 aromatic heterocycles. The summed E-state index contributed by atoms with van der Waals surface area (Å²) in [6.07, 6.45) is 2.19. The Balaban J connectivity index is 2.48. The van der Waals surface area contributed by atoms with E-state index in [1.165, 1.54) is 6.08 Å². The maximum Gasteiger partial charge on any atom is 0.334 e. The van der Waals surface area contributed by atoms with E-state index in [-0.39, 0.29) is 18.1 Å². The minimum absolute atomic E-state index is 0.174. The standard InChI is InChI=1S/C14H18O5/c1-4-5-12(10(3)13(15)16)19-14(17)9(2)6-7-11-8-18-11/h4,11-12H,1-3,5-8H2,(H,15,16). The molecule has 0 aromatic carbocycles. The van der Waals surface area contributed by atoms with Crippen LogP contribution in [0.2, 0.25) is 0 Å². The maximum atomic E-state index is 11.8. The van der Waals surface area contributed by atoms with Gasteiger partial charge in [0.2, 0.25) is 0 Å². The van der Waals surface area contributed by atoms with Crippen molar-refractivity contribution >= 4 is 11.9 Å². The lowest BCUT2D eigenvalue weighted by molar-refractivity contribution is -0.144. The van der Waals surface area contributed by atoms with Crippen LogP contribution in [0.15, 0.2) is 37.0 Å². The summed E-state index contributed by atoms with van der Waals surface area (Å²) in [5.74, 6) is -1.80. The molecule has 0 amide bonds. The van der Waals surface area contributed by atoms with Crippen molar-refractivity contribution in [1.82, 2.24) is 0 Å². The van der Waals surface area contributed by atoms with Crippen molar-refractivity contribution in [2.45, 2.75) is 31.5 Å². The fraction of sp³-hybridized carbons (Fsp3) is 0.429. The minimum Gasteiger partial charge on any atom is -0.478 e. The first-order chi connectivity index (χ1) is 8.95. The number of hydrogen-bond acceptors (Lipinski definition) is 4. The monoisotopic (exact) mass is 266 g/mol. The Kier molecular flexibility index (Phi) is 5.51. The summed E-state index contributed by atoms with van der Waals surface area (Å²) in [6, 6.07) is 0. The third-order valence-corrected chi connectivity index (χ3v) is 2.75. The first kappa shape index (κ1) is 15.2. The third-order valence-electron chi connectivity index (χ3n) is 2.75. The van der Waals surface area contributed by atoms with Crippen LogP contribution in [0, 0.1) is 0 Å². The molecule has 1 heterocycles. The number of carboxylic acid groups (broad SMARTS) is 1. The highest BCUT2D eigenvalue weighted by Crippen LogP contribution is 2.20. The van der Waals surface area contributed by atoms with E-state index >= 15 is 0 Å². The highest BCUT2D eigenvalue weighted by molar-refractivity contribution is 5.90. The van der Waals surface area contributed by atoms with Gasteiger partial charge >= 0.3 is 11.9 Å². The Bertz CT molecular complexity index is 406. The molecule has 1 aliphatic rings. The highest BCUT2D eigenvalue weighted by Gasteiger charge is 2.25. The van der Waals surface area contributed by atoms with E-state index in [2.05, 4.69) is 19.7 Å². The summed E-state index contributed by atoms with van der Waals surface area (Å²) in [6.45, 7) is 11.3. The van der Waals surface area contributed by atoms with Crippen molar-refractivity contribution in [2.24, 2.45) is 0 Å². The topological polar surface area (TPSA) is 76.1 Å². The van der Waals surface area contributed by atoms with Crippen LogP contribution in [0.25, 0.3) is 0 Å². The molecule has 0 spiro atoms. The van der Waals surface area contributed by atoms with Gasteiger partial charge in [-0.3, -0.25) is 0 Å². The van der Waals surface area contributed by atoms with E-state index in [1.807, 2.05) is 0 Å². The molecule has 5 heteroatoms. The van der Waals surface area contributed by atoms with Gasteiger partial charge in [0, 0.05) is 12.0 Å². The highest BCUT2D eigenvalue weighted by atomic mass is 16.6. The van der Waals surface area contributed by atoms with Gasteiger partial charge in [0.15, 0.2) is 0 Å². The predicted molar refractivity (Wildman–Crippen MR) is 69.6 cm³/mol. The quantitative estimate of drug-likeness (QED) is 0.298. The number of rotatable bonds is 9. The summed E-state index contributed by atoms with van der Waals surface area (Å²) in [4.78, 5) is 22.6. The van der Waals surface area contributed by atoms with Crippen molar-refractivity contribution in [3.63, 3.8) is 0 Å². The van der Waals surface area contributed by atoms with Gasteiger partial charge in [-0.15, -0.1) is 6.58 Å². The first-order valence-electron chi connectivity index (χ1n) is 5.99. The molecular weight excluding hydrogens is 248 g/mol. The maximum absolute atomic E-state index is 11.8. The van der Waals surface area contributed by atoms with Crippen LogP contribution < -0.4 is 0 Å². The predicted octanol–water partition coefficient (Wildman–Crippen LogP) is 1.85. The number of esters is 1. The molecular formula is C14H18O5. The zero-order valence-corrected chi connectivity index (χ0v) is 10.8. The minimum atomic E-state index is -1.20. The normalized spacial score (nSPS) is 18.2. The Morgan fingerprint density at radius 3 is 2.58 bits per heavy atom. The van der Waals surface area contributed by atoms with E-state index in [4.69, 9.17) is 14.6 Å². The second-order valence-electron chi connectivity index (χ2n) is 4.35. The van der Waals surface area contributed by atoms with Crippen molar-refractivity contribution in [3.05, 3.63) is 37.0 Å². The zero-order chi connectivity index (χ0) is 14.4. The van der Waals surface area contributed by atoms with Crippen LogP contribution in [-0.2, 0) is 19.1 Å². The molecule has 0 aliphatic carbocycles. The summed E-state index contributed by atoms with van der Waals surface area (Å²) >= 11 is 0. The van der Waals surface area contributed by atoms with Crippen molar-refractivity contribution in [1.29, 1.82) is 0 Å². The molecule has 5 nitrogen and oxygen atoms in total. The Hall–Kier alpha value is -1.88. The number of carboxylic acids is 1. The number of carbonyl (C=O) groups excluding carboxylic acids is 1. The number of epoxide rings is 1. The number of hydrogen-bond donors (Lipinski definition) is 1. The largest absolute Gasteiger partial charge is 0.478 e. The van der Waals surface area contributed by atoms with E-state index in [1.54, 1.807) is 0 Å². The Morgan fingerprint density at radius 2 is 2.11 bits per heavy atom. The molecule has 1 aliphatic heterocycles. The third kappa shape index (κ3) is 5.09. The summed E-state index contributed by atoms with van der Waals surface area (Å²) < 4.78 is 10.1.